The Balaban J connectivity index is 0.00000108. The molecule has 17 heavy (non-hydrogen) atoms. The number of ether oxygens (including phenoxy) is 1. The van der Waals surface area contributed by atoms with Crippen molar-refractivity contribution in [1.82, 2.24) is 0 Å². The molecule has 2 aromatic carbocycles. The van der Waals surface area contributed by atoms with Gasteiger partial charge in [0.1, 0.15) is 5.90 Å². The predicted molar refractivity (Wildman–Crippen MR) is 64.8 cm³/mol. The van der Waals surface area contributed by atoms with Gasteiger partial charge >= 0.3 is 0 Å². The molecular formula is C14H12IrNO-. The molecule has 3 rings (SSSR count). The summed E-state index contributed by atoms with van der Waals surface area (Å²) in [6.45, 7) is 1.62. The number of fused-ring (bicyclic) bond motifs is 1. The van der Waals surface area contributed by atoms with E-state index in [1.807, 2.05) is 18.2 Å². The van der Waals surface area contributed by atoms with E-state index in [2.05, 4.69) is 29.3 Å². The molecule has 0 amide bonds. The zero-order chi connectivity index (χ0) is 10.8. The fourth-order valence-corrected chi connectivity index (χ4v) is 1.87. The van der Waals surface area contributed by atoms with Gasteiger partial charge in [0.25, 0.3) is 0 Å². The molecule has 89 valence electrons. The maximum Gasteiger partial charge on any atom is 0.129 e. The normalized spacial score (nSPS) is 14.7. The summed E-state index contributed by atoms with van der Waals surface area (Å²) in [5.41, 5.74) is 0.957. The van der Waals surface area contributed by atoms with Gasteiger partial charge < -0.3 is 4.74 Å². The van der Waals surface area contributed by atoms with Crippen LogP contribution in [0.1, 0.15) is 12.0 Å². The van der Waals surface area contributed by atoms with Crippen LogP contribution < -0.4 is 0 Å². The number of rotatable bonds is 1. The largest absolute Gasteiger partial charge is 0.520 e. The number of hydrogen-bond acceptors (Lipinski definition) is 2. The quantitative estimate of drug-likeness (QED) is 0.673. The summed E-state index contributed by atoms with van der Waals surface area (Å²) in [5.74, 6) is 0.733. The first kappa shape index (κ1) is 12.3. The fraction of sp³-hybridized carbons (Fsp3) is 0.214. The van der Waals surface area contributed by atoms with Crippen molar-refractivity contribution in [2.24, 2.45) is 4.99 Å². The van der Waals surface area contributed by atoms with Crippen LogP contribution in [0.5, 0.6) is 0 Å². The minimum absolute atomic E-state index is 0. The van der Waals surface area contributed by atoms with Crippen molar-refractivity contribution in [2.45, 2.75) is 6.42 Å². The summed E-state index contributed by atoms with van der Waals surface area (Å²) < 4.78 is 5.53. The predicted octanol–water partition coefficient (Wildman–Crippen LogP) is 2.80. The Labute approximate surface area is 114 Å². The van der Waals surface area contributed by atoms with E-state index in [0.29, 0.717) is 0 Å². The van der Waals surface area contributed by atoms with Crippen molar-refractivity contribution in [3.8, 4) is 0 Å². The first-order chi connectivity index (χ1) is 7.93. The molecule has 3 heteroatoms. The summed E-state index contributed by atoms with van der Waals surface area (Å²) in [7, 11) is 0. The van der Waals surface area contributed by atoms with Gasteiger partial charge in [-0.15, -0.1) is 23.6 Å². The van der Waals surface area contributed by atoms with E-state index in [0.717, 1.165) is 31.0 Å². The van der Waals surface area contributed by atoms with Gasteiger partial charge in [-0.2, -0.15) is 0 Å². The van der Waals surface area contributed by atoms with Crippen LogP contribution in [0, 0.1) is 6.07 Å². The van der Waals surface area contributed by atoms with Crippen LogP contribution in [0.15, 0.2) is 41.4 Å². The Kier molecular flexibility index (Phi) is 3.93. The van der Waals surface area contributed by atoms with Crippen molar-refractivity contribution in [3.05, 3.63) is 48.0 Å². The van der Waals surface area contributed by atoms with Crippen LogP contribution >= 0.6 is 0 Å². The van der Waals surface area contributed by atoms with Gasteiger partial charge in [0, 0.05) is 26.7 Å². The second-order valence-corrected chi connectivity index (χ2v) is 3.86. The maximum atomic E-state index is 5.53. The van der Waals surface area contributed by atoms with E-state index >= 15 is 0 Å². The van der Waals surface area contributed by atoms with Crippen molar-refractivity contribution in [1.29, 1.82) is 0 Å². The number of hydrogen-bond donors (Lipinski definition) is 0. The van der Waals surface area contributed by atoms with Crippen LogP contribution in [-0.4, -0.2) is 19.0 Å². The Morgan fingerprint density at radius 1 is 1.18 bits per heavy atom. The molecule has 0 aliphatic carbocycles. The van der Waals surface area contributed by atoms with E-state index in [4.69, 9.17) is 4.74 Å². The van der Waals surface area contributed by atoms with Crippen LogP contribution in [0.3, 0.4) is 0 Å². The molecule has 1 radical (unpaired) electrons. The Morgan fingerprint density at radius 2 is 2.00 bits per heavy atom. The number of aliphatic imine (C=N–C) groups is 1. The van der Waals surface area contributed by atoms with Gasteiger partial charge in [-0.25, -0.2) is 0 Å². The molecule has 1 heterocycles. The summed E-state index contributed by atoms with van der Waals surface area (Å²) in [5, 5.41) is 2.40. The second kappa shape index (κ2) is 5.43. The molecule has 0 spiro atoms. The minimum Gasteiger partial charge on any atom is -0.520 e. The zero-order valence-electron chi connectivity index (χ0n) is 9.27. The number of benzene rings is 2. The molecule has 2 nitrogen and oxygen atoms in total. The number of nitrogens with zero attached hydrogens (tertiary/aromatic N) is 1. The second-order valence-electron chi connectivity index (χ2n) is 3.86. The van der Waals surface area contributed by atoms with Gasteiger partial charge in [-0.3, -0.25) is 4.99 Å². The topological polar surface area (TPSA) is 21.6 Å². The van der Waals surface area contributed by atoms with Gasteiger partial charge in [-0.1, -0.05) is 35.2 Å². The average Bonchev–Trinajstić information content (AvgIpc) is 2.39. The zero-order valence-corrected chi connectivity index (χ0v) is 11.7. The molecule has 0 bridgehead atoms. The van der Waals surface area contributed by atoms with Crippen molar-refractivity contribution >= 4 is 16.7 Å². The van der Waals surface area contributed by atoms with Crippen molar-refractivity contribution in [3.63, 3.8) is 0 Å². The third kappa shape index (κ3) is 2.56. The standard InChI is InChI=1S/C14H12NO.Ir/c1-2-5-12-10-13(7-6-11(12)4-1)14-15-8-3-9-16-14;/h1-2,4-6,10H,3,8-9H2;/q-1;. The summed E-state index contributed by atoms with van der Waals surface area (Å²) in [6.07, 6.45) is 1.01. The van der Waals surface area contributed by atoms with Crippen LogP contribution in [-0.2, 0) is 24.8 Å². The van der Waals surface area contributed by atoms with Crippen LogP contribution in [0.4, 0.5) is 0 Å². The van der Waals surface area contributed by atoms with E-state index < -0.39 is 0 Å². The van der Waals surface area contributed by atoms with Gasteiger partial charge in [0.2, 0.25) is 0 Å². The molecule has 0 fully saturated rings. The van der Waals surface area contributed by atoms with Crippen molar-refractivity contribution < 1.29 is 24.8 Å². The molecule has 0 N–H and O–H groups in total. The summed E-state index contributed by atoms with van der Waals surface area (Å²) in [6, 6.07) is 15.5. The van der Waals surface area contributed by atoms with Crippen LogP contribution in [0.25, 0.3) is 10.8 Å². The molecule has 0 saturated heterocycles. The van der Waals surface area contributed by atoms with Crippen LogP contribution in [0.2, 0.25) is 0 Å². The smallest absolute Gasteiger partial charge is 0.129 e. The maximum absolute atomic E-state index is 5.53. The molecule has 0 unspecified atom stereocenters. The SMILES string of the molecule is [Ir].[c-]1cc2ccccc2cc1C1=NCCCO1. The van der Waals surface area contributed by atoms with E-state index in [1.165, 1.54) is 10.8 Å². The van der Waals surface area contributed by atoms with Gasteiger partial charge in [-0.05, 0) is 6.42 Å². The van der Waals surface area contributed by atoms with Gasteiger partial charge in [0.05, 0.1) is 6.61 Å². The third-order valence-corrected chi connectivity index (χ3v) is 2.71. The molecule has 0 atom stereocenters. The first-order valence-electron chi connectivity index (χ1n) is 5.51. The summed E-state index contributed by atoms with van der Waals surface area (Å²) >= 11 is 0. The molecule has 0 aromatic heterocycles. The third-order valence-electron chi connectivity index (χ3n) is 2.71. The van der Waals surface area contributed by atoms with Crippen molar-refractivity contribution in [2.75, 3.05) is 13.2 Å². The summed E-state index contributed by atoms with van der Waals surface area (Å²) in [4.78, 5) is 4.37. The molecule has 0 saturated carbocycles. The van der Waals surface area contributed by atoms with E-state index in [9.17, 15) is 0 Å². The minimum atomic E-state index is 0. The Hall–Kier alpha value is -1.18. The Bertz CT molecular complexity index is 551. The van der Waals surface area contributed by atoms with E-state index in [1.54, 1.807) is 0 Å². The molecule has 2 aromatic rings. The first-order valence-corrected chi connectivity index (χ1v) is 5.51. The molecular weight excluding hydrogens is 390 g/mol. The average molecular weight is 402 g/mol. The monoisotopic (exact) mass is 403 g/mol. The van der Waals surface area contributed by atoms with E-state index in [-0.39, 0.29) is 20.1 Å². The molecule has 1 aliphatic heterocycles. The fourth-order valence-electron chi connectivity index (χ4n) is 1.87. The Morgan fingerprint density at radius 3 is 2.76 bits per heavy atom. The molecule has 1 aliphatic rings. The van der Waals surface area contributed by atoms with Gasteiger partial charge in [0.15, 0.2) is 0 Å².